The van der Waals surface area contributed by atoms with Gasteiger partial charge in [0.15, 0.2) is 0 Å². The first-order valence-electron chi connectivity index (χ1n) is 12.7. The Kier molecular flexibility index (Phi) is 6.14. The van der Waals surface area contributed by atoms with Gasteiger partial charge >= 0.3 is 0 Å². The molecule has 0 radical (unpaired) electrons. The first kappa shape index (κ1) is 23.3. The van der Waals surface area contributed by atoms with Crippen LogP contribution in [0.5, 0.6) is 0 Å². The van der Waals surface area contributed by atoms with Crippen molar-refractivity contribution >= 4 is 22.4 Å². The van der Waals surface area contributed by atoms with Crippen molar-refractivity contribution in [2.24, 2.45) is 4.99 Å². The van der Waals surface area contributed by atoms with Gasteiger partial charge in [0.2, 0.25) is 0 Å². The summed E-state index contributed by atoms with van der Waals surface area (Å²) in [6, 6.07) is 22.6. The Morgan fingerprint density at radius 1 is 0.946 bits per heavy atom. The summed E-state index contributed by atoms with van der Waals surface area (Å²) in [6.07, 6.45) is 4.74. The molecule has 0 bridgehead atoms. The highest BCUT2D eigenvalue weighted by molar-refractivity contribution is 5.84. The Morgan fingerprint density at radius 3 is 2.51 bits per heavy atom. The normalized spacial score (nSPS) is 18.4. The number of halogens is 1. The second-order valence-corrected chi connectivity index (χ2v) is 9.62. The maximum atomic E-state index is 13.8. The van der Waals surface area contributed by atoms with Crippen LogP contribution in [0.15, 0.2) is 84.0 Å². The van der Waals surface area contributed by atoms with Crippen LogP contribution in [0.2, 0.25) is 0 Å². The molecule has 0 spiro atoms. The van der Waals surface area contributed by atoms with E-state index in [1.807, 2.05) is 49.4 Å². The van der Waals surface area contributed by atoms with Crippen molar-refractivity contribution in [2.75, 3.05) is 5.32 Å². The molecule has 186 valence electrons. The van der Waals surface area contributed by atoms with Crippen LogP contribution in [-0.4, -0.2) is 31.8 Å². The minimum atomic E-state index is -0.277. The molecule has 0 atom stereocenters. The molecule has 2 aromatic carbocycles. The second kappa shape index (κ2) is 9.75. The molecule has 3 aromatic rings. The third-order valence-corrected chi connectivity index (χ3v) is 7.05. The molecule has 6 nitrogen and oxygen atoms in total. The summed E-state index contributed by atoms with van der Waals surface area (Å²) in [6.45, 7) is 1.97. The van der Waals surface area contributed by atoms with Gasteiger partial charge in [-0.25, -0.2) is 9.37 Å². The molecule has 2 aliphatic carbocycles. The van der Waals surface area contributed by atoms with Gasteiger partial charge in [-0.2, -0.15) is 0 Å². The number of hydrogen-bond acceptors (Lipinski definition) is 5. The fourth-order valence-corrected chi connectivity index (χ4v) is 5.06. The molecule has 6 rings (SSSR count). The summed E-state index contributed by atoms with van der Waals surface area (Å²) >= 11 is 0. The zero-order valence-corrected chi connectivity index (χ0v) is 20.6. The zero-order valence-electron chi connectivity index (χ0n) is 20.6. The third-order valence-electron chi connectivity index (χ3n) is 7.05. The molecule has 3 aliphatic rings. The lowest BCUT2D eigenvalue weighted by molar-refractivity contribution is 0.123. The van der Waals surface area contributed by atoms with Gasteiger partial charge in [0.05, 0.1) is 57.0 Å². The molecular formula is C30H28FN5O. The van der Waals surface area contributed by atoms with Crippen LogP contribution < -0.4 is 10.7 Å². The highest BCUT2D eigenvalue weighted by atomic mass is 19.1. The van der Waals surface area contributed by atoms with E-state index in [0.29, 0.717) is 0 Å². The first-order valence-corrected chi connectivity index (χ1v) is 12.7. The smallest absolute Gasteiger partial charge is 0.123 e. The standard InChI is InChI=1S/C30H28FN5O/c1-19-24(6-4-16-32-19)34-26-17-28-30(18-27(26)33-21-10-14-23(37)15-11-21)36(22-12-8-20(31)9-13-22)29-7-3-2-5-25(29)35-28/h2-9,12-13,16-18,21,23,34,37H,10-11,14-15H2,1H3/b33-27+. The van der Waals surface area contributed by atoms with E-state index in [1.54, 1.807) is 18.3 Å². The van der Waals surface area contributed by atoms with Gasteiger partial charge in [-0.3, -0.25) is 9.98 Å². The van der Waals surface area contributed by atoms with E-state index < -0.39 is 0 Å². The number of fused-ring (bicyclic) bond motifs is 2. The van der Waals surface area contributed by atoms with Crippen molar-refractivity contribution in [3.8, 4) is 17.1 Å². The molecule has 7 heteroatoms. The zero-order chi connectivity index (χ0) is 25.4. The largest absolute Gasteiger partial charge is 0.393 e. The van der Waals surface area contributed by atoms with Gasteiger partial charge in [-0.1, -0.05) is 12.1 Å². The van der Waals surface area contributed by atoms with Crippen LogP contribution in [0.4, 0.5) is 15.8 Å². The van der Waals surface area contributed by atoms with Gasteiger partial charge in [0, 0.05) is 11.9 Å². The quantitative estimate of drug-likeness (QED) is 0.305. The molecule has 2 N–H and O–H groups in total. The SMILES string of the molecule is Cc1ncccc1Nc1cc2nc3ccccc3n(-c3ccc(F)cc3)c-2c/c1=N\C1CCC(O)CC1. The van der Waals surface area contributed by atoms with Gasteiger partial charge in [0.1, 0.15) is 5.82 Å². The average molecular weight is 494 g/mol. The molecule has 37 heavy (non-hydrogen) atoms. The van der Waals surface area contributed by atoms with Crippen LogP contribution in [-0.2, 0) is 0 Å². The predicted octanol–water partition coefficient (Wildman–Crippen LogP) is 5.92. The second-order valence-electron chi connectivity index (χ2n) is 9.62. The van der Waals surface area contributed by atoms with Gasteiger partial charge in [-0.15, -0.1) is 0 Å². The Morgan fingerprint density at radius 2 is 1.73 bits per heavy atom. The summed E-state index contributed by atoms with van der Waals surface area (Å²) < 4.78 is 15.9. The molecule has 1 fully saturated rings. The minimum Gasteiger partial charge on any atom is -0.393 e. The van der Waals surface area contributed by atoms with Gasteiger partial charge < -0.3 is 15.0 Å². The van der Waals surface area contributed by atoms with Crippen LogP contribution in [0.1, 0.15) is 31.4 Å². The molecule has 1 aromatic heterocycles. The monoisotopic (exact) mass is 493 g/mol. The molecule has 0 amide bonds. The van der Waals surface area contributed by atoms with E-state index in [2.05, 4.69) is 20.9 Å². The van der Waals surface area contributed by atoms with Crippen LogP contribution in [0.3, 0.4) is 0 Å². The van der Waals surface area contributed by atoms with Gasteiger partial charge in [0.25, 0.3) is 0 Å². The topological polar surface area (TPSA) is 75.3 Å². The minimum absolute atomic E-state index is 0.129. The van der Waals surface area contributed by atoms with E-state index in [0.717, 1.165) is 76.2 Å². The summed E-state index contributed by atoms with van der Waals surface area (Å²) in [4.78, 5) is 14.6. The fourth-order valence-electron chi connectivity index (χ4n) is 5.06. The van der Waals surface area contributed by atoms with Crippen molar-refractivity contribution in [1.82, 2.24) is 14.5 Å². The van der Waals surface area contributed by atoms with E-state index in [4.69, 9.17) is 9.98 Å². The number of aliphatic hydroxyl groups excluding tert-OH is 1. The van der Waals surface area contributed by atoms with E-state index in [9.17, 15) is 9.50 Å². The molecule has 2 heterocycles. The number of anilines is 2. The number of benzene rings is 3. The number of aromatic nitrogens is 3. The van der Waals surface area contributed by atoms with E-state index >= 15 is 0 Å². The molecule has 0 unspecified atom stereocenters. The van der Waals surface area contributed by atoms with E-state index in [1.165, 1.54) is 12.1 Å². The third kappa shape index (κ3) is 4.70. The number of rotatable bonds is 4. The Hall–Kier alpha value is -4.10. The van der Waals surface area contributed by atoms with Crippen LogP contribution in [0.25, 0.3) is 28.1 Å². The molecular weight excluding hydrogens is 465 g/mol. The Balaban J connectivity index is 1.61. The lowest BCUT2D eigenvalue weighted by Gasteiger charge is -2.23. The van der Waals surface area contributed by atoms with Crippen LogP contribution >= 0.6 is 0 Å². The van der Waals surface area contributed by atoms with Gasteiger partial charge in [-0.05, 0) is 93.3 Å². The number of para-hydroxylation sites is 2. The summed E-state index contributed by atoms with van der Waals surface area (Å²) in [5, 5.41) is 14.4. The highest BCUT2D eigenvalue weighted by Crippen LogP contribution is 2.31. The molecule has 0 saturated heterocycles. The summed E-state index contributed by atoms with van der Waals surface area (Å²) in [5.74, 6) is -0.277. The Bertz CT molecular complexity index is 1600. The fraction of sp³-hybridized carbons (Fsp3) is 0.233. The van der Waals surface area contributed by atoms with Crippen molar-refractivity contribution in [1.29, 1.82) is 0 Å². The Labute approximate surface area is 214 Å². The number of nitrogens with zero attached hydrogens (tertiary/aromatic N) is 4. The molecule has 1 aliphatic heterocycles. The number of pyridine rings is 1. The van der Waals surface area contributed by atoms with Crippen molar-refractivity contribution in [3.05, 3.63) is 95.9 Å². The predicted molar refractivity (Wildman–Crippen MR) is 144 cm³/mol. The number of nitrogens with one attached hydrogen (secondary N) is 1. The first-order chi connectivity index (χ1) is 18.0. The lowest BCUT2D eigenvalue weighted by atomic mass is 9.93. The van der Waals surface area contributed by atoms with Crippen molar-refractivity contribution in [3.63, 3.8) is 0 Å². The lowest BCUT2D eigenvalue weighted by Crippen LogP contribution is -2.24. The molecule has 1 saturated carbocycles. The van der Waals surface area contributed by atoms with Crippen LogP contribution in [0, 0.1) is 12.7 Å². The van der Waals surface area contributed by atoms with Crippen molar-refractivity contribution < 1.29 is 9.50 Å². The number of aliphatic hydroxyl groups is 1. The maximum absolute atomic E-state index is 13.8. The van der Waals surface area contributed by atoms with Crippen molar-refractivity contribution in [2.45, 2.75) is 44.8 Å². The van der Waals surface area contributed by atoms with E-state index in [-0.39, 0.29) is 18.0 Å². The number of hydrogen-bond donors (Lipinski definition) is 2. The number of aryl methyl sites for hydroxylation is 1. The summed E-state index contributed by atoms with van der Waals surface area (Å²) in [7, 11) is 0. The highest BCUT2D eigenvalue weighted by Gasteiger charge is 2.21. The summed E-state index contributed by atoms with van der Waals surface area (Å²) in [5.41, 5.74) is 6.94. The maximum Gasteiger partial charge on any atom is 0.123 e. The average Bonchev–Trinajstić information content (AvgIpc) is 2.91.